The van der Waals surface area contributed by atoms with Crippen LogP contribution >= 0.6 is 0 Å². The summed E-state index contributed by atoms with van der Waals surface area (Å²) in [6.45, 7) is 3.52. The van der Waals surface area contributed by atoms with Crippen molar-refractivity contribution in [3.8, 4) is 0 Å². The Labute approximate surface area is 127 Å². The quantitative estimate of drug-likeness (QED) is 0.839. The number of likely N-dealkylation sites (tertiary alicyclic amines) is 1. The number of ether oxygens (including phenoxy) is 1. The first-order valence-electron chi connectivity index (χ1n) is 7.74. The van der Waals surface area contributed by atoms with Crippen LogP contribution in [0, 0.1) is 0 Å². The van der Waals surface area contributed by atoms with Crippen molar-refractivity contribution in [2.45, 2.75) is 25.2 Å². The number of nitrogens with one attached hydrogen (secondary N) is 1. The van der Waals surface area contributed by atoms with Crippen LogP contribution in [0.25, 0.3) is 0 Å². The van der Waals surface area contributed by atoms with Crippen molar-refractivity contribution in [1.29, 1.82) is 0 Å². The summed E-state index contributed by atoms with van der Waals surface area (Å²) in [5.41, 5.74) is 2.67. The molecule has 3 heterocycles. The third kappa shape index (κ3) is 2.94. The molecule has 3 aliphatic rings. The summed E-state index contributed by atoms with van der Waals surface area (Å²) in [6.07, 6.45) is 11.5. The van der Waals surface area contributed by atoms with Gasteiger partial charge in [0.25, 0.3) is 0 Å². The first-order chi connectivity index (χ1) is 10.2. The molecule has 3 aliphatic heterocycles. The Morgan fingerprint density at radius 2 is 2.05 bits per heavy atom. The van der Waals surface area contributed by atoms with E-state index in [4.69, 9.17) is 4.74 Å². The second-order valence-corrected chi connectivity index (χ2v) is 6.08. The van der Waals surface area contributed by atoms with E-state index in [0.29, 0.717) is 0 Å². The fraction of sp³-hybridized carbons (Fsp3) is 0.625. The third-order valence-corrected chi connectivity index (χ3v) is 4.57. The van der Waals surface area contributed by atoms with Crippen molar-refractivity contribution in [2.24, 2.45) is 0 Å². The topological polar surface area (TPSA) is 31.0 Å². The van der Waals surface area contributed by atoms with Crippen molar-refractivity contribution >= 4 is 0 Å². The molecule has 116 valence electrons. The smallest absolute Gasteiger partial charge is 0.146 e. The first kappa shape index (κ1) is 14.5. The van der Waals surface area contributed by atoms with Crippen LogP contribution in [0.2, 0.25) is 0 Å². The van der Waals surface area contributed by atoms with Crippen LogP contribution in [-0.4, -0.2) is 67.9 Å². The standard InChI is InChI=1S/C16H26N4O/c1-18-11-14(12-20-8-4-5-9-20)19(2)16(18)13-6-7-17-15(10-13)21-3/h6-7,10-11,15-17H,4-5,8-9,12H2,1-3H3. The van der Waals surface area contributed by atoms with Gasteiger partial charge in [-0.15, -0.1) is 0 Å². The van der Waals surface area contributed by atoms with Gasteiger partial charge in [0, 0.05) is 39.6 Å². The molecule has 0 spiro atoms. The molecule has 5 heteroatoms. The lowest BCUT2D eigenvalue weighted by molar-refractivity contribution is 0.120. The molecule has 0 radical (unpaired) electrons. The van der Waals surface area contributed by atoms with Gasteiger partial charge in [-0.3, -0.25) is 4.90 Å². The molecular weight excluding hydrogens is 264 g/mol. The molecule has 1 saturated heterocycles. The fourth-order valence-electron chi connectivity index (χ4n) is 3.43. The summed E-state index contributed by atoms with van der Waals surface area (Å²) >= 11 is 0. The van der Waals surface area contributed by atoms with E-state index >= 15 is 0 Å². The van der Waals surface area contributed by atoms with Crippen molar-refractivity contribution in [2.75, 3.05) is 40.8 Å². The summed E-state index contributed by atoms with van der Waals surface area (Å²) in [5.74, 6) is 0. The Morgan fingerprint density at radius 3 is 2.76 bits per heavy atom. The molecule has 0 aromatic rings. The predicted molar refractivity (Wildman–Crippen MR) is 84.2 cm³/mol. The predicted octanol–water partition coefficient (Wildman–Crippen LogP) is 1.14. The van der Waals surface area contributed by atoms with Gasteiger partial charge in [-0.2, -0.15) is 0 Å². The van der Waals surface area contributed by atoms with Gasteiger partial charge in [0.15, 0.2) is 0 Å². The van der Waals surface area contributed by atoms with Crippen LogP contribution in [-0.2, 0) is 4.74 Å². The van der Waals surface area contributed by atoms with Crippen LogP contribution in [0.5, 0.6) is 0 Å². The monoisotopic (exact) mass is 290 g/mol. The Balaban J connectivity index is 1.70. The van der Waals surface area contributed by atoms with E-state index in [0.717, 1.165) is 6.54 Å². The van der Waals surface area contributed by atoms with Crippen LogP contribution in [0.1, 0.15) is 12.8 Å². The van der Waals surface area contributed by atoms with Crippen molar-refractivity contribution in [3.63, 3.8) is 0 Å². The third-order valence-electron chi connectivity index (χ3n) is 4.57. The molecule has 0 aliphatic carbocycles. The van der Waals surface area contributed by atoms with Crippen LogP contribution < -0.4 is 5.32 Å². The minimum absolute atomic E-state index is 0.0329. The van der Waals surface area contributed by atoms with Crippen LogP contribution in [0.15, 0.2) is 35.8 Å². The normalized spacial score (nSPS) is 29.7. The van der Waals surface area contributed by atoms with Gasteiger partial charge >= 0.3 is 0 Å². The summed E-state index contributed by atoms with van der Waals surface area (Å²) in [7, 11) is 6.06. The number of dihydropyridines is 1. The van der Waals surface area contributed by atoms with Gasteiger partial charge in [0.2, 0.25) is 0 Å². The summed E-state index contributed by atoms with van der Waals surface area (Å²) in [4.78, 5) is 7.22. The lowest BCUT2D eigenvalue weighted by atomic mass is 10.1. The number of hydrogen-bond acceptors (Lipinski definition) is 5. The zero-order valence-corrected chi connectivity index (χ0v) is 13.2. The Hall–Kier alpha value is -1.46. The van der Waals surface area contributed by atoms with Crippen LogP contribution in [0.3, 0.4) is 0 Å². The highest BCUT2D eigenvalue weighted by atomic mass is 16.5. The average Bonchev–Trinajstić information content (AvgIpc) is 3.08. The highest BCUT2D eigenvalue weighted by molar-refractivity contribution is 5.32. The molecule has 0 aromatic heterocycles. The molecule has 3 rings (SSSR count). The van der Waals surface area contributed by atoms with E-state index in [1.807, 2.05) is 6.20 Å². The van der Waals surface area contributed by atoms with E-state index in [1.54, 1.807) is 7.11 Å². The second-order valence-electron chi connectivity index (χ2n) is 6.08. The molecule has 0 bridgehead atoms. The molecule has 0 aromatic carbocycles. The van der Waals surface area contributed by atoms with E-state index in [2.05, 4.69) is 52.5 Å². The number of likely N-dealkylation sites (N-methyl/N-ethyl adjacent to an activating group) is 2. The molecule has 2 atom stereocenters. The SMILES string of the molecule is COC1C=C(C2N(C)C=C(CN3CCCC3)N2C)C=CN1. The van der Waals surface area contributed by atoms with E-state index < -0.39 is 0 Å². The summed E-state index contributed by atoms with van der Waals surface area (Å²) in [6, 6.07) is 0. The van der Waals surface area contributed by atoms with Crippen molar-refractivity contribution in [1.82, 2.24) is 20.0 Å². The molecule has 0 saturated carbocycles. The molecule has 5 nitrogen and oxygen atoms in total. The number of rotatable bonds is 4. The van der Waals surface area contributed by atoms with Crippen LogP contribution in [0.4, 0.5) is 0 Å². The lowest BCUT2D eigenvalue weighted by Gasteiger charge is -2.33. The molecular formula is C16H26N4O. The Bertz CT molecular complexity index is 465. The van der Waals surface area contributed by atoms with Crippen molar-refractivity contribution < 1.29 is 4.74 Å². The zero-order valence-electron chi connectivity index (χ0n) is 13.2. The molecule has 21 heavy (non-hydrogen) atoms. The lowest BCUT2D eigenvalue weighted by Crippen LogP contribution is -2.40. The highest BCUT2D eigenvalue weighted by Crippen LogP contribution is 2.28. The number of methoxy groups -OCH3 is 1. The zero-order chi connectivity index (χ0) is 14.8. The Morgan fingerprint density at radius 1 is 1.29 bits per heavy atom. The number of nitrogens with zero attached hydrogens (tertiary/aromatic N) is 3. The van der Waals surface area contributed by atoms with Gasteiger partial charge in [-0.1, -0.05) is 0 Å². The summed E-state index contributed by atoms with van der Waals surface area (Å²) in [5, 5.41) is 3.18. The molecule has 0 amide bonds. The Kier molecular flexibility index (Phi) is 4.22. The van der Waals surface area contributed by atoms with E-state index in [9.17, 15) is 0 Å². The molecule has 2 unspecified atom stereocenters. The molecule has 1 N–H and O–H groups in total. The maximum Gasteiger partial charge on any atom is 0.146 e. The van der Waals surface area contributed by atoms with Gasteiger partial charge < -0.3 is 19.9 Å². The minimum atomic E-state index is -0.0329. The van der Waals surface area contributed by atoms with Gasteiger partial charge in [0.1, 0.15) is 12.4 Å². The highest BCUT2D eigenvalue weighted by Gasteiger charge is 2.31. The maximum atomic E-state index is 5.38. The summed E-state index contributed by atoms with van der Waals surface area (Å²) < 4.78 is 5.38. The van der Waals surface area contributed by atoms with Gasteiger partial charge in [-0.05, 0) is 49.9 Å². The minimum Gasteiger partial charge on any atom is -0.363 e. The number of hydrogen-bond donors (Lipinski definition) is 1. The largest absolute Gasteiger partial charge is 0.363 e. The maximum absolute atomic E-state index is 5.38. The van der Waals surface area contributed by atoms with E-state index in [-0.39, 0.29) is 12.4 Å². The second kappa shape index (κ2) is 6.12. The van der Waals surface area contributed by atoms with E-state index in [1.165, 1.54) is 37.2 Å². The molecule has 1 fully saturated rings. The van der Waals surface area contributed by atoms with Crippen molar-refractivity contribution in [3.05, 3.63) is 35.8 Å². The first-order valence-corrected chi connectivity index (χ1v) is 7.74. The fourth-order valence-corrected chi connectivity index (χ4v) is 3.43. The van der Waals surface area contributed by atoms with Gasteiger partial charge in [0.05, 0.1) is 0 Å². The average molecular weight is 290 g/mol. The van der Waals surface area contributed by atoms with Gasteiger partial charge in [-0.25, -0.2) is 0 Å².